The smallest absolute Gasteiger partial charge is 0.342 e. The quantitative estimate of drug-likeness (QED) is 0.744. The number of benzene rings is 2. The number of carbonyl (C=O) groups is 2. The van der Waals surface area contributed by atoms with Crippen LogP contribution in [-0.4, -0.2) is 49.4 Å². The highest BCUT2D eigenvalue weighted by atomic mass is 35.5. The van der Waals surface area contributed by atoms with E-state index in [1.807, 2.05) is 12.1 Å². The highest BCUT2D eigenvalue weighted by Crippen LogP contribution is 2.23. The maximum atomic E-state index is 12.3. The third kappa shape index (κ3) is 4.94. The average Bonchev–Trinajstić information content (AvgIpc) is 2.71. The van der Waals surface area contributed by atoms with Gasteiger partial charge in [0, 0.05) is 29.5 Å². The number of phenols is 1. The highest BCUT2D eigenvalue weighted by molar-refractivity contribution is 6.31. The summed E-state index contributed by atoms with van der Waals surface area (Å²) in [6, 6.07) is 11.4. The van der Waals surface area contributed by atoms with Crippen LogP contribution in [0.15, 0.2) is 42.5 Å². The fourth-order valence-electron chi connectivity index (χ4n) is 2.77. The van der Waals surface area contributed by atoms with Gasteiger partial charge in [-0.2, -0.15) is 0 Å². The number of ether oxygens (including phenoxy) is 2. The van der Waals surface area contributed by atoms with Crippen LogP contribution in [0, 0.1) is 0 Å². The van der Waals surface area contributed by atoms with Gasteiger partial charge in [-0.25, -0.2) is 4.79 Å². The van der Waals surface area contributed by atoms with E-state index < -0.39 is 18.0 Å². The summed E-state index contributed by atoms with van der Waals surface area (Å²) in [6.45, 7) is 4.51. The minimum Gasteiger partial charge on any atom is -0.507 e. The van der Waals surface area contributed by atoms with Gasteiger partial charge in [-0.15, -0.1) is 0 Å². The Kier molecular flexibility index (Phi) is 6.38. The maximum absolute atomic E-state index is 12.3. The predicted molar refractivity (Wildman–Crippen MR) is 106 cm³/mol. The summed E-state index contributed by atoms with van der Waals surface area (Å²) in [5.74, 6) is -1.57. The number of anilines is 2. The molecule has 1 amide bonds. The lowest BCUT2D eigenvalue weighted by molar-refractivity contribution is -0.123. The van der Waals surface area contributed by atoms with Gasteiger partial charge in [0.2, 0.25) is 0 Å². The van der Waals surface area contributed by atoms with Gasteiger partial charge in [-0.3, -0.25) is 4.79 Å². The minimum atomic E-state index is -1.05. The number of morpholine rings is 1. The van der Waals surface area contributed by atoms with Gasteiger partial charge in [0.15, 0.2) is 6.10 Å². The number of hydrogen-bond donors (Lipinski definition) is 2. The molecule has 2 aromatic carbocycles. The van der Waals surface area contributed by atoms with Crippen LogP contribution in [0.5, 0.6) is 5.75 Å². The summed E-state index contributed by atoms with van der Waals surface area (Å²) in [5, 5.41) is 12.7. The van der Waals surface area contributed by atoms with Gasteiger partial charge in [0.25, 0.3) is 5.91 Å². The summed E-state index contributed by atoms with van der Waals surface area (Å²) in [6.07, 6.45) is -1.05. The van der Waals surface area contributed by atoms with Crippen molar-refractivity contribution in [2.45, 2.75) is 13.0 Å². The highest BCUT2D eigenvalue weighted by Gasteiger charge is 2.21. The Morgan fingerprint density at radius 3 is 2.54 bits per heavy atom. The molecular weight excluding hydrogens is 384 g/mol. The minimum absolute atomic E-state index is 0.0954. The second kappa shape index (κ2) is 8.95. The van der Waals surface area contributed by atoms with E-state index in [9.17, 15) is 14.7 Å². The van der Waals surface area contributed by atoms with Gasteiger partial charge in [0.05, 0.1) is 13.2 Å². The van der Waals surface area contributed by atoms with Gasteiger partial charge >= 0.3 is 5.97 Å². The molecule has 1 heterocycles. The van der Waals surface area contributed by atoms with Crippen molar-refractivity contribution < 1.29 is 24.2 Å². The number of amides is 1. The van der Waals surface area contributed by atoms with Crippen LogP contribution in [0.1, 0.15) is 17.3 Å². The first-order valence-corrected chi connectivity index (χ1v) is 9.25. The van der Waals surface area contributed by atoms with Crippen molar-refractivity contribution in [2.75, 3.05) is 36.5 Å². The first-order chi connectivity index (χ1) is 13.4. The molecule has 0 saturated carbocycles. The van der Waals surface area contributed by atoms with E-state index in [1.54, 1.807) is 12.1 Å². The van der Waals surface area contributed by atoms with Crippen LogP contribution in [0.2, 0.25) is 5.02 Å². The van der Waals surface area contributed by atoms with E-state index in [2.05, 4.69) is 10.2 Å². The van der Waals surface area contributed by atoms with Crippen LogP contribution in [0.4, 0.5) is 11.4 Å². The Labute approximate surface area is 167 Å². The van der Waals surface area contributed by atoms with E-state index in [1.165, 1.54) is 25.1 Å². The summed E-state index contributed by atoms with van der Waals surface area (Å²) >= 11 is 5.83. The van der Waals surface area contributed by atoms with E-state index in [0.717, 1.165) is 18.8 Å². The molecule has 148 valence electrons. The first-order valence-electron chi connectivity index (χ1n) is 8.87. The predicted octanol–water partition coefficient (Wildman–Crippen LogP) is 3.07. The normalized spacial score (nSPS) is 15.0. The molecule has 2 aromatic rings. The molecule has 1 atom stereocenters. The van der Waals surface area contributed by atoms with Gasteiger partial charge in [-0.1, -0.05) is 11.6 Å². The number of esters is 1. The third-order valence-corrected chi connectivity index (χ3v) is 4.58. The molecule has 0 radical (unpaired) electrons. The van der Waals surface area contributed by atoms with Crippen LogP contribution in [0.3, 0.4) is 0 Å². The molecule has 1 aliphatic heterocycles. The molecule has 28 heavy (non-hydrogen) atoms. The zero-order valence-corrected chi connectivity index (χ0v) is 16.1. The third-order valence-electron chi connectivity index (χ3n) is 4.34. The molecule has 1 aliphatic rings. The molecule has 0 aromatic heterocycles. The van der Waals surface area contributed by atoms with Crippen molar-refractivity contribution in [3.8, 4) is 5.75 Å². The summed E-state index contributed by atoms with van der Waals surface area (Å²) in [5.41, 5.74) is 1.55. The molecule has 0 bridgehead atoms. The van der Waals surface area contributed by atoms with E-state index in [-0.39, 0.29) is 16.3 Å². The van der Waals surface area contributed by atoms with E-state index >= 15 is 0 Å². The van der Waals surface area contributed by atoms with Crippen LogP contribution >= 0.6 is 11.6 Å². The van der Waals surface area contributed by atoms with Crippen molar-refractivity contribution in [1.29, 1.82) is 0 Å². The number of nitrogens with zero attached hydrogens (tertiary/aromatic N) is 1. The fourth-order valence-corrected chi connectivity index (χ4v) is 2.94. The molecule has 0 spiro atoms. The Bertz CT molecular complexity index is 850. The van der Waals surface area contributed by atoms with Crippen LogP contribution < -0.4 is 10.2 Å². The second-order valence-electron chi connectivity index (χ2n) is 6.34. The standard InChI is InChI=1S/C20H21ClN2O5/c1-13(28-20(26)17-12-14(21)2-7-18(17)24)19(25)22-15-3-5-16(6-4-15)23-8-10-27-11-9-23/h2-7,12-13,24H,8-11H2,1H3,(H,22,25)/t13-/m1/s1. The molecule has 3 rings (SSSR count). The zero-order chi connectivity index (χ0) is 20.1. The number of rotatable bonds is 5. The molecule has 1 saturated heterocycles. The largest absolute Gasteiger partial charge is 0.507 e. The number of carbonyl (C=O) groups excluding carboxylic acids is 2. The number of hydrogen-bond acceptors (Lipinski definition) is 6. The zero-order valence-electron chi connectivity index (χ0n) is 15.4. The maximum Gasteiger partial charge on any atom is 0.342 e. The lowest BCUT2D eigenvalue weighted by atomic mass is 10.2. The van der Waals surface area contributed by atoms with Crippen molar-refractivity contribution in [3.05, 3.63) is 53.1 Å². The van der Waals surface area contributed by atoms with Crippen molar-refractivity contribution >= 4 is 34.9 Å². The molecular formula is C20H21ClN2O5. The molecule has 8 heteroatoms. The topological polar surface area (TPSA) is 88.1 Å². The lowest BCUT2D eigenvalue weighted by Crippen LogP contribution is -2.36. The average molecular weight is 405 g/mol. The fraction of sp³-hybridized carbons (Fsp3) is 0.300. The summed E-state index contributed by atoms with van der Waals surface area (Å²) in [4.78, 5) is 26.7. The molecule has 0 aliphatic carbocycles. The van der Waals surface area contributed by atoms with Crippen LogP contribution in [0.25, 0.3) is 0 Å². The second-order valence-corrected chi connectivity index (χ2v) is 6.78. The Morgan fingerprint density at radius 1 is 1.18 bits per heavy atom. The van der Waals surface area contributed by atoms with Gasteiger partial charge in [0.1, 0.15) is 11.3 Å². The summed E-state index contributed by atoms with van der Waals surface area (Å²) < 4.78 is 10.5. The number of halogens is 1. The molecule has 7 nitrogen and oxygen atoms in total. The van der Waals surface area contributed by atoms with Crippen molar-refractivity contribution in [1.82, 2.24) is 0 Å². The van der Waals surface area contributed by atoms with Crippen molar-refractivity contribution in [2.24, 2.45) is 0 Å². The van der Waals surface area contributed by atoms with Crippen LogP contribution in [-0.2, 0) is 14.3 Å². The van der Waals surface area contributed by atoms with E-state index in [4.69, 9.17) is 21.1 Å². The van der Waals surface area contributed by atoms with Gasteiger partial charge < -0.3 is 24.8 Å². The monoisotopic (exact) mass is 404 g/mol. The molecule has 0 unspecified atom stereocenters. The molecule has 1 fully saturated rings. The lowest BCUT2D eigenvalue weighted by Gasteiger charge is -2.28. The van der Waals surface area contributed by atoms with Gasteiger partial charge in [-0.05, 0) is 49.4 Å². The Balaban J connectivity index is 1.57. The number of aromatic hydroxyl groups is 1. The first kappa shape index (κ1) is 20.0. The van der Waals surface area contributed by atoms with E-state index in [0.29, 0.717) is 18.9 Å². The SMILES string of the molecule is C[C@@H](OC(=O)c1cc(Cl)ccc1O)C(=O)Nc1ccc(N2CCOCC2)cc1. The molecule has 2 N–H and O–H groups in total. The Hall–Kier alpha value is -2.77. The van der Waals surface area contributed by atoms with Crippen molar-refractivity contribution in [3.63, 3.8) is 0 Å². The Morgan fingerprint density at radius 2 is 1.86 bits per heavy atom. The number of nitrogens with one attached hydrogen (secondary N) is 1. The summed E-state index contributed by atoms with van der Waals surface area (Å²) in [7, 11) is 0. The number of phenolic OH excluding ortho intramolecular Hbond substituents is 1.